The molecule has 0 bridgehead atoms. The molecule has 0 unspecified atom stereocenters. The Bertz CT molecular complexity index is 965. The van der Waals surface area contributed by atoms with E-state index in [0.29, 0.717) is 11.3 Å². The van der Waals surface area contributed by atoms with Gasteiger partial charge in [-0.1, -0.05) is 37.3 Å². The number of anilines is 2. The Hall–Kier alpha value is -3.31. The lowest BCUT2D eigenvalue weighted by molar-refractivity contribution is 0.102. The van der Waals surface area contributed by atoms with Crippen LogP contribution >= 0.6 is 0 Å². The Balaban J connectivity index is 1.43. The first-order chi connectivity index (χ1) is 14.7. The normalized spacial score (nSPS) is 14.4. The van der Waals surface area contributed by atoms with Crippen molar-refractivity contribution in [1.82, 2.24) is 4.90 Å². The zero-order chi connectivity index (χ0) is 20.8. The summed E-state index contributed by atoms with van der Waals surface area (Å²) in [5.41, 5.74) is 2.52. The van der Waals surface area contributed by atoms with Crippen LogP contribution in [0.3, 0.4) is 0 Å². The van der Waals surface area contributed by atoms with E-state index in [4.69, 9.17) is 4.74 Å². The van der Waals surface area contributed by atoms with E-state index in [-0.39, 0.29) is 5.91 Å². The van der Waals surface area contributed by atoms with Crippen LogP contribution in [0.4, 0.5) is 11.4 Å². The van der Waals surface area contributed by atoms with E-state index in [0.717, 1.165) is 49.8 Å². The quantitative estimate of drug-likeness (QED) is 0.640. The standard InChI is InChI=1S/C25H27N3O2/c1-2-27-16-18-28(19-17-27)24-11-7-6-10-23(24)26-25(29)20-12-14-22(15-13-20)30-21-8-4-3-5-9-21/h3-15H,2,16-19H2,1H3,(H,26,29). The van der Waals surface area contributed by atoms with Crippen LogP contribution in [0.1, 0.15) is 17.3 Å². The lowest BCUT2D eigenvalue weighted by atomic mass is 10.1. The molecule has 1 fully saturated rings. The van der Waals surface area contributed by atoms with Gasteiger partial charge in [-0.05, 0) is 55.1 Å². The third-order valence-electron chi connectivity index (χ3n) is 5.41. The van der Waals surface area contributed by atoms with Gasteiger partial charge in [0, 0.05) is 31.7 Å². The fraction of sp³-hybridized carbons (Fsp3) is 0.240. The molecule has 1 aliphatic rings. The largest absolute Gasteiger partial charge is 0.457 e. The molecular weight excluding hydrogens is 374 g/mol. The first-order valence-corrected chi connectivity index (χ1v) is 10.4. The average Bonchev–Trinajstić information content (AvgIpc) is 2.81. The summed E-state index contributed by atoms with van der Waals surface area (Å²) in [6.45, 7) is 7.29. The van der Waals surface area contributed by atoms with E-state index in [2.05, 4.69) is 28.1 Å². The molecule has 154 valence electrons. The number of carbonyl (C=O) groups is 1. The van der Waals surface area contributed by atoms with Crippen molar-refractivity contribution in [3.05, 3.63) is 84.4 Å². The number of benzene rings is 3. The molecule has 3 aromatic carbocycles. The summed E-state index contributed by atoms with van der Waals surface area (Å²) in [5.74, 6) is 1.35. The molecule has 1 saturated heterocycles. The minimum absolute atomic E-state index is 0.124. The summed E-state index contributed by atoms with van der Waals surface area (Å²) in [6.07, 6.45) is 0. The highest BCUT2D eigenvalue weighted by Gasteiger charge is 2.19. The number of ether oxygens (including phenoxy) is 1. The average molecular weight is 402 g/mol. The Morgan fingerprint density at radius 1 is 0.833 bits per heavy atom. The second kappa shape index (κ2) is 9.46. The van der Waals surface area contributed by atoms with Gasteiger partial charge in [0.1, 0.15) is 11.5 Å². The van der Waals surface area contributed by atoms with Crippen LogP contribution in [0.2, 0.25) is 0 Å². The van der Waals surface area contributed by atoms with Crippen molar-refractivity contribution in [2.75, 3.05) is 42.9 Å². The molecule has 5 nitrogen and oxygen atoms in total. The molecule has 0 spiro atoms. The summed E-state index contributed by atoms with van der Waals surface area (Å²) in [5, 5.41) is 3.08. The lowest BCUT2D eigenvalue weighted by Crippen LogP contribution is -2.46. The Labute approximate surface area is 177 Å². The minimum atomic E-state index is -0.124. The fourth-order valence-electron chi connectivity index (χ4n) is 3.65. The Kier molecular flexibility index (Phi) is 6.30. The van der Waals surface area contributed by atoms with Crippen molar-refractivity contribution in [2.45, 2.75) is 6.92 Å². The van der Waals surface area contributed by atoms with Crippen LogP contribution in [0.5, 0.6) is 11.5 Å². The maximum Gasteiger partial charge on any atom is 0.255 e. The SMILES string of the molecule is CCN1CCN(c2ccccc2NC(=O)c2ccc(Oc3ccccc3)cc2)CC1. The number of para-hydroxylation sites is 3. The molecule has 3 aromatic rings. The molecule has 1 aliphatic heterocycles. The third-order valence-corrected chi connectivity index (χ3v) is 5.41. The van der Waals surface area contributed by atoms with E-state index in [1.54, 1.807) is 12.1 Å². The highest BCUT2D eigenvalue weighted by Crippen LogP contribution is 2.27. The van der Waals surface area contributed by atoms with Crippen molar-refractivity contribution in [2.24, 2.45) is 0 Å². The number of hydrogen-bond acceptors (Lipinski definition) is 4. The van der Waals surface area contributed by atoms with Gasteiger partial charge in [0.05, 0.1) is 11.4 Å². The van der Waals surface area contributed by atoms with E-state index in [1.165, 1.54) is 0 Å². The number of nitrogens with zero attached hydrogens (tertiary/aromatic N) is 2. The van der Waals surface area contributed by atoms with Gasteiger partial charge in [0.2, 0.25) is 0 Å². The molecular formula is C25H27N3O2. The van der Waals surface area contributed by atoms with Crippen molar-refractivity contribution in [1.29, 1.82) is 0 Å². The topological polar surface area (TPSA) is 44.8 Å². The molecule has 0 aromatic heterocycles. The van der Waals surface area contributed by atoms with Crippen molar-refractivity contribution in [3.63, 3.8) is 0 Å². The van der Waals surface area contributed by atoms with E-state index >= 15 is 0 Å². The van der Waals surface area contributed by atoms with Crippen LogP contribution in [0.15, 0.2) is 78.9 Å². The molecule has 0 saturated carbocycles. The molecule has 1 amide bonds. The number of likely N-dealkylation sites (N-methyl/N-ethyl adjacent to an activating group) is 1. The highest BCUT2D eigenvalue weighted by atomic mass is 16.5. The Morgan fingerprint density at radius 2 is 1.47 bits per heavy atom. The molecule has 0 atom stereocenters. The van der Waals surface area contributed by atoms with Crippen LogP contribution in [0, 0.1) is 0 Å². The van der Waals surface area contributed by atoms with Crippen LogP contribution in [-0.2, 0) is 0 Å². The van der Waals surface area contributed by atoms with Crippen LogP contribution < -0.4 is 15.0 Å². The molecule has 4 rings (SSSR count). The van der Waals surface area contributed by atoms with Gasteiger partial charge in [0.15, 0.2) is 0 Å². The van der Waals surface area contributed by atoms with E-state index in [1.807, 2.05) is 60.7 Å². The van der Waals surface area contributed by atoms with Gasteiger partial charge in [-0.25, -0.2) is 0 Å². The second-order valence-corrected chi connectivity index (χ2v) is 7.33. The number of hydrogen-bond donors (Lipinski definition) is 1. The minimum Gasteiger partial charge on any atom is -0.457 e. The van der Waals surface area contributed by atoms with E-state index < -0.39 is 0 Å². The van der Waals surface area contributed by atoms with Crippen LogP contribution in [-0.4, -0.2) is 43.5 Å². The summed E-state index contributed by atoms with van der Waals surface area (Å²) >= 11 is 0. The van der Waals surface area contributed by atoms with Gasteiger partial charge >= 0.3 is 0 Å². The summed E-state index contributed by atoms with van der Waals surface area (Å²) < 4.78 is 5.81. The summed E-state index contributed by atoms with van der Waals surface area (Å²) in [7, 11) is 0. The Morgan fingerprint density at radius 3 is 2.17 bits per heavy atom. The van der Waals surface area contributed by atoms with Crippen LogP contribution in [0.25, 0.3) is 0 Å². The maximum atomic E-state index is 12.8. The maximum absolute atomic E-state index is 12.8. The van der Waals surface area contributed by atoms with Crippen molar-refractivity contribution in [3.8, 4) is 11.5 Å². The highest BCUT2D eigenvalue weighted by molar-refractivity contribution is 6.06. The smallest absolute Gasteiger partial charge is 0.255 e. The fourth-order valence-corrected chi connectivity index (χ4v) is 3.65. The number of rotatable bonds is 6. The zero-order valence-electron chi connectivity index (χ0n) is 17.3. The van der Waals surface area contributed by atoms with E-state index in [9.17, 15) is 4.79 Å². The van der Waals surface area contributed by atoms with Gasteiger partial charge in [0.25, 0.3) is 5.91 Å². The summed E-state index contributed by atoms with van der Waals surface area (Å²) in [4.78, 5) is 17.6. The van der Waals surface area contributed by atoms with Gasteiger partial charge in [-0.3, -0.25) is 4.79 Å². The first kappa shape index (κ1) is 20.0. The molecule has 1 heterocycles. The predicted octanol–water partition coefficient (Wildman–Crippen LogP) is 4.87. The summed E-state index contributed by atoms with van der Waals surface area (Å²) in [6, 6.07) is 24.8. The molecule has 0 radical (unpaired) electrons. The second-order valence-electron chi connectivity index (χ2n) is 7.33. The zero-order valence-corrected chi connectivity index (χ0v) is 17.3. The first-order valence-electron chi connectivity index (χ1n) is 10.4. The number of carbonyl (C=O) groups excluding carboxylic acids is 1. The molecule has 1 N–H and O–H groups in total. The predicted molar refractivity (Wildman–Crippen MR) is 122 cm³/mol. The molecule has 0 aliphatic carbocycles. The molecule has 5 heteroatoms. The number of piperazine rings is 1. The van der Waals surface area contributed by atoms with Crippen molar-refractivity contribution < 1.29 is 9.53 Å². The number of nitrogens with one attached hydrogen (secondary N) is 1. The van der Waals surface area contributed by atoms with Crippen molar-refractivity contribution >= 4 is 17.3 Å². The van der Waals surface area contributed by atoms with Gasteiger partial charge in [-0.15, -0.1) is 0 Å². The lowest BCUT2D eigenvalue weighted by Gasteiger charge is -2.36. The van der Waals surface area contributed by atoms with Gasteiger partial charge < -0.3 is 19.9 Å². The molecule has 30 heavy (non-hydrogen) atoms. The number of amides is 1. The van der Waals surface area contributed by atoms with Gasteiger partial charge in [-0.2, -0.15) is 0 Å². The third kappa shape index (κ3) is 4.81. The monoisotopic (exact) mass is 401 g/mol.